The van der Waals surface area contributed by atoms with E-state index >= 15 is 0 Å². The third-order valence-electron chi connectivity index (χ3n) is 2.36. The fraction of sp³-hybridized carbons (Fsp3) is 0.182. The number of rotatable bonds is 5. The molecule has 1 heterocycles. The standard InChI is InChI=1S/C11H9F4N3O3S/c12-9-3-7(1-2-10(9)21-6-11(13,14)15)18-22(19,20)8-4-16-17-5-8/h1-5,18H,6H2,(H,16,17). The van der Waals surface area contributed by atoms with E-state index < -0.39 is 34.4 Å². The zero-order valence-corrected chi connectivity index (χ0v) is 11.5. The van der Waals surface area contributed by atoms with Crippen LogP contribution in [0.3, 0.4) is 0 Å². The molecule has 22 heavy (non-hydrogen) atoms. The summed E-state index contributed by atoms with van der Waals surface area (Å²) in [6.07, 6.45) is -2.45. The van der Waals surface area contributed by atoms with Crippen LogP contribution in [0.4, 0.5) is 23.2 Å². The Morgan fingerprint density at radius 2 is 2.05 bits per heavy atom. The number of anilines is 1. The van der Waals surface area contributed by atoms with Crippen molar-refractivity contribution in [3.63, 3.8) is 0 Å². The summed E-state index contributed by atoms with van der Waals surface area (Å²) in [5, 5.41) is 5.77. The summed E-state index contributed by atoms with van der Waals surface area (Å²) >= 11 is 0. The van der Waals surface area contributed by atoms with E-state index in [0.717, 1.165) is 24.5 Å². The van der Waals surface area contributed by atoms with Gasteiger partial charge in [-0.1, -0.05) is 0 Å². The summed E-state index contributed by atoms with van der Waals surface area (Å²) < 4.78 is 79.6. The third-order valence-corrected chi connectivity index (χ3v) is 3.71. The number of halogens is 4. The lowest BCUT2D eigenvalue weighted by Crippen LogP contribution is -2.19. The topological polar surface area (TPSA) is 84.1 Å². The van der Waals surface area contributed by atoms with E-state index in [0.29, 0.717) is 6.07 Å². The van der Waals surface area contributed by atoms with Crippen LogP contribution in [0.2, 0.25) is 0 Å². The van der Waals surface area contributed by atoms with E-state index in [1.807, 2.05) is 0 Å². The summed E-state index contributed by atoms with van der Waals surface area (Å²) in [7, 11) is -3.97. The van der Waals surface area contributed by atoms with Crippen molar-refractivity contribution in [2.24, 2.45) is 0 Å². The first-order valence-electron chi connectivity index (χ1n) is 5.68. The molecule has 0 aliphatic rings. The van der Waals surface area contributed by atoms with E-state index in [1.165, 1.54) is 0 Å². The number of aromatic amines is 1. The summed E-state index contributed by atoms with van der Waals surface area (Å²) in [6, 6.07) is 2.68. The van der Waals surface area contributed by atoms with Gasteiger partial charge in [-0.05, 0) is 12.1 Å². The largest absolute Gasteiger partial charge is 0.481 e. The highest BCUT2D eigenvalue weighted by atomic mass is 32.2. The number of benzene rings is 1. The Labute approximate surface area is 122 Å². The molecule has 0 spiro atoms. The van der Waals surface area contributed by atoms with E-state index in [1.54, 1.807) is 0 Å². The van der Waals surface area contributed by atoms with Crippen LogP contribution < -0.4 is 9.46 Å². The van der Waals surface area contributed by atoms with Gasteiger partial charge < -0.3 is 4.74 Å². The molecule has 11 heteroatoms. The number of nitrogens with zero attached hydrogens (tertiary/aromatic N) is 1. The Morgan fingerprint density at radius 3 is 2.59 bits per heavy atom. The minimum Gasteiger partial charge on any atom is -0.481 e. The van der Waals surface area contributed by atoms with E-state index in [-0.39, 0.29) is 10.6 Å². The van der Waals surface area contributed by atoms with Gasteiger partial charge >= 0.3 is 6.18 Å². The van der Waals surface area contributed by atoms with E-state index in [9.17, 15) is 26.0 Å². The van der Waals surface area contributed by atoms with Crippen LogP contribution in [0.15, 0.2) is 35.5 Å². The minimum atomic E-state index is -4.60. The molecule has 1 aromatic carbocycles. The molecule has 0 aliphatic heterocycles. The average molecular weight is 339 g/mol. The van der Waals surface area contributed by atoms with Crippen LogP contribution in [0.5, 0.6) is 5.75 Å². The first kappa shape index (κ1) is 16.1. The van der Waals surface area contributed by atoms with Crippen molar-refractivity contribution < 1.29 is 30.7 Å². The Bertz CT molecular complexity index is 744. The summed E-state index contributed by atoms with van der Waals surface area (Å²) in [6.45, 7) is -1.65. The minimum absolute atomic E-state index is 0.168. The van der Waals surface area contributed by atoms with Crippen molar-refractivity contribution in [3.05, 3.63) is 36.4 Å². The molecule has 2 N–H and O–H groups in total. The number of sulfonamides is 1. The van der Waals surface area contributed by atoms with Gasteiger partial charge in [0.05, 0.1) is 11.9 Å². The number of nitrogens with one attached hydrogen (secondary N) is 2. The zero-order valence-electron chi connectivity index (χ0n) is 10.7. The quantitative estimate of drug-likeness (QED) is 0.819. The van der Waals surface area contributed by atoms with Crippen LogP contribution in [0.1, 0.15) is 0 Å². The second kappa shape index (κ2) is 5.83. The Kier molecular flexibility index (Phi) is 4.26. The summed E-state index contributed by atoms with van der Waals surface area (Å²) in [5.41, 5.74) is -0.168. The van der Waals surface area contributed by atoms with Gasteiger partial charge in [0.15, 0.2) is 18.2 Å². The lowest BCUT2D eigenvalue weighted by atomic mass is 10.3. The van der Waals surface area contributed by atoms with Crippen LogP contribution in [0.25, 0.3) is 0 Å². The van der Waals surface area contributed by atoms with Crippen LogP contribution >= 0.6 is 0 Å². The Hall–Kier alpha value is -2.30. The molecule has 0 saturated heterocycles. The van der Waals surface area contributed by atoms with Crippen molar-refractivity contribution in [1.29, 1.82) is 0 Å². The molecule has 0 unspecified atom stereocenters. The van der Waals surface area contributed by atoms with Gasteiger partial charge in [-0.15, -0.1) is 0 Å². The summed E-state index contributed by atoms with van der Waals surface area (Å²) in [4.78, 5) is -0.176. The molecule has 6 nitrogen and oxygen atoms in total. The molecule has 2 rings (SSSR count). The number of hydrogen-bond acceptors (Lipinski definition) is 4. The molecule has 1 aromatic heterocycles. The van der Waals surface area contributed by atoms with Gasteiger partial charge in [0, 0.05) is 12.3 Å². The van der Waals surface area contributed by atoms with Gasteiger partial charge in [-0.2, -0.15) is 18.3 Å². The highest BCUT2D eigenvalue weighted by Crippen LogP contribution is 2.25. The number of hydrogen-bond donors (Lipinski definition) is 2. The fourth-order valence-corrected chi connectivity index (χ4v) is 2.40. The zero-order chi connectivity index (χ0) is 16.4. The molecule has 0 bridgehead atoms. The van der Waals surface area contributed by atoms with Crippen LogP contribution in [0, 0.1) is 5.82 Å². The van der Waals surface area contributed by atoms with Gasteiger partial charge in [-0.25, -0.2) is 12.8 Å². The highest BCUT2D eigenvalue weighted by Gasteiger charge is 2.29. The van der Waals surface area contributed by atoms with Gasteiger partial charge in [0.25, 0.3) is 10.0 Å². The van der Waals surface area contributed by atoms with E-state index in [4.69, 9.17) is 0 Å². The highest BCUT2D eigenvalue weighted by molar-refractivity contribution is 7.92. The maximum atomic E-state index is 13.6. The molecule has 0 radical (unpaired) electrons. The van der Waals surface area contributed by atoms with Gasteiger partial charge in [0.1, 0.15) is 4.90 Å². The molecule has 0 saturated carbocycles. The number of aromatic nitrogens is 2. The first-order chi connectivity index (χ1) is 10.2. The monoisotopic (exact) mass is 339 g/mol. The Balaban J connectivity index is 2.13. The molecule has 0 aliphatic carbocycles. The number of alkyl halides is 3. The second-order valence-corrected chi connectivity index (χ2v) is 5.77. The maximum absolute atomic E-state index is 13.6. The lowest BCUT2D eigenvalue weighted by Gasteiger charge is -2.11. The van der Waals surface area contributed by atoms with Gasteiger partial charge in [0.2, 0.25) is 0 Å². The van der Waals surface area contributed by atoms with Crippen molar-refractivity contribution >= 4 is 15.7 Å². The molecule has 0 atom stereocenters. The lowest BCUT2D eigenvalue weighted by molar-refractivity contribution is -0.153. The normalized spacial score (nSPS) is 12.2. The number of ether oxygens (including phenoxy) is 1. The molecular formula is C11H9F4N3O3S. The second-order valence-electron chi connectivity index (χ2n) is 4.09. The smallest absolute Gasteiger partial charge is 0.422 e. The van der Waals surface area contributed by atoms with Crippen LogP contribution in [-0.2, 0) is 10.0 Å². The SMILES string of the molecule is O=S(=O)(Nc1ccc(OCC(F)(F)F)c(F)c1)c1cn[nH]c1. The fourth-order valence-electron chi connectivity index (χ4n) is 1.44. The molecular weight excluding hydrogens is 330 g/mol. The predicted octanol–water partition coefficient (Wildman–Crippen LogP) is 2.29. The van der Waals surface area contributed by atoms with Crippen molar-refractivity contribution in [2.75, 3.05) is 11.3 Å². The number of H-pyrrole nitrogens is 1. The first-order valence-corrected chi connectivity index (χ1v) is 7.16. The van der Waals surface area contributed by atoms with Crippen molar-refractivity contribution in [1.82, 2.24) is 10.2 Å². The predicted molar refractivity (Wildman–Crippen MR) is 67.3 cm³/mol. The maximum Gasteiger partial charge on any atom is 0.422 e. The average Bonchev–Trinajstić information content (AvgIpc) is 2.90. The van der Waals surface area contributed by atoms with Crippen molar-refractivity contribution in [2.45, 2.75) is 11.1 Å². The molecule has 0 amide bonds. The summed E-state index contributed by atoms with van der Waals surface area (Å²) in [5.74, 6) is -1.76. The third kappa shape index (κ3) is 4.10. The molecule has 2 aromatic rings. The van der Waals surface area contributed by atoms with E-state index in [2.05, 4.69) is 19.7 Å². The van der Waals surface area contributed by atoms with Gasteiger partial charge in [-0.3, -0.25) is 9.82 Å². The molecule has 0 fully saturated rings. The van der Waals surface area contributed by atoms with Crippen molar-refractivity contribution in [3.8, 4) is 5.75 Å². The van der Waals surface area contributed by atoms with Crippen LogP contribution in [-0.4, -0.2) is 31.4 Å². The Morgan fingerprint density at radius 1 is 1.32 bits per heavy atom. The molecule has 120 valence electrons.